The highest BCUT2D eigenvalue weighted by Crippen LogP contribution is 2.46. The van der Waals surface area contributed by atoms with E-state index < -0.39 is 11.8 Å². The highest BCUT2D eigenvalue weighted by Gasteiger charge is 2.50. The van der Waals surface area contributed by atoms with E-state index in [-0.39, 0.29) is 11.1 Å². The van der Waals surface area contributed by atoms with Gasteiger partial charge in [0.2, 0.25) is 0 Å². The first-order valence-corrected chi connectivity index (χ1v) is 9.56. The summed E-state index contributed by atoms with van der Waals surface area (Å²) in [7, 11) is 4.34. The molecular formula is C21H32N4O. The van der Waals surface area contributed by atoms with Crippen LogP contribution in [0.25, 0.3) is 0 Å². The lowest BCUT2D eigenvalue weighted by atomic mass is 9.69. The Kier molecular flexibility index (Phi) is 5.15. The van der Waals surface area contributed by atoms with E-state index in [0.717, 1.165) is 32.2 Å². The lowest BCUT2D eigenvalue weighted by Crippen LogP contribution is -2.54. The largest absolute Gasteiger partial charge is 0.365 e. The van der Waals surface area contributed by atoms with Gasteiger partial charge in [0.05, 0.1) is 11.5 Å². The molecule has 142 valence electrons. The van der Waals surface area contributed by atoms with Crippen LogP contribution in [0.5, 0.6) is 0 Å². The molecule has 5 heteroatoms. The molecule has 26 heavy (non-hydrogen) atoms. The maximum absolute atomic E-state index is 10.5. The molecule has 2 aliphatic rings. The van der Waals surface area contributed by atoms with Crippen LogP contribution in [0.1, 0.15) is 45.1 Å². The Morgan fingerprint density at radius 1 is 1.23 bits per heavy atom. The third kappa shape index (κ3) is 3.52. The number of nitrogens with one attached hydrogen (secondary N) is 1. The molecule has 1 heterocycles. The van der Waals surface area contributed by atoms with Crippen molar-refractivity contribution in [2.75, 3.05) is 27.2 Å². The van der Waals surface area contributed by atoms with Gasteiger partial charge in [-0.3, -0.25) is 15.1 Å². The molecule has 2 N–H and O–H groups in total. The monoisotopic (exact) mass is 356 g/mol. The molecule has 0 amide bonds. The van der Waals surface area contributed by atoms with E-state index in [4.69, 9.17) is 0 Å². The lowest BCUT2D eigenvalue weighted by Gasteiger charge is -2.49. The van der Waals surface area contributed by atoms with Crippen molar-refractivity contribution in [3.8, 4) is 6.07 Å². The molecule has 3 rings (SSSR count). The van der Waals surface area contributed by atoms with Crippen LogP contribution in [0.2, 0.25) is 0 Å². The predicted octanol–water partition coefficient (Wildman–Crippen LogP) is 2.49. The summed E-state index contributed by atoms with van der Waals surface area (Å²) >= 11 is 0. The summed E-state index contributed by atoms with van der Waals surface area (Å²) in [5.41, 5.74) is 0.916. The summed E-state index contributed by atoms with van der Waals surface area (Å²) in [6.07, 6.45) is 3.48. The molecule has 1 spiro atoms. The summed E-state index contributed by atoms with van der Waals surface area (Å²) in [6, 6.07) is 13.1. The molecule has 1 aromatic rings. The fraction of sp³-hybridized carbons (Fsp3) is 0.667. The van der Waals surface area contributed by atoms with Crippen molar-refractivity contribution in [2.45, 2.75) is 57.0 Å². The van der Waals surface area contributed by atoms with Crippen molar-refractivity contribution >= 4 is 0 Å². The van der Waals surface area contributed by atoms with Gasteiger partial charge < -0.3 is 5.11 Å². The molecule has 1 unspecified atom stereocenters. The first-order chi connectivity index (χ1) is 12.2. The number of aliphatic hydroxyl groups excluding tert-OH is 1. The zero-order valence-electron chi connectivity index (χ0n) is 16.5. The zero-order chi connectivity index (χ0) is 19.0. The Morgan fingerprint density at radius 3 is 2.38 bits per heavy atom. The Hall–Kier alpha value is -1.45. The topological polar surface area (TPSA) is 62.5 Å². The fourth-order valence-corrected chi connectivity index (χ4v) is 4.76. The highest BCUT2D eigenvalue weighted by atomic mass is 16.3. The SMILES string of the molecule is CN(C)[C@]1(c2ccccc2)CC[C@]2(CC1)CN(CC(C)(C)C#N)C(O)N2. The van der Waals surface area contributed by atoms with Gasteiger partial charge in [-0.25, -0.2) is 0 Å². The Morgan fingerprint density at radius 2 is 1.85 bits per heavy atom. The Labute approximate surface area is 157 Å². The third-order valence-electron chi connectivity index (χ3n) is 6.39. The Balaban J connectivity index is 1.74. The van der Waals surface area contributed by atoms with Crippen LogP contribution in [-0.2, 0) is 5.54 Å². The van der Waals surface area contributed by atoms with E-state index in [1.807, 2.05) is 18.7 Å². The van der Waals surface area contributed by atoms with Crippen LogP contribution in [-0.4, -0.2) is 54.0 Å². The molecule has 1 aromatic carbocycles. The number of rotatable bonds is 4. The predicted molar refractivity (Wildman–Crippen MR) is 103 cm³/mol. The third-order valence-corrected chi connectivity index (χ3v) is 6.39. The smallest absolute Gasteiger partial charge is 0.163 e. The fourth-order valence-electron chi connectivity index (χ4n) is 4.76. The molecule has 1 atom stereocenters. The summed E-state index contributed by atoms with van der Waals surface area (Å²) in [5, 5.41) is 23.3. The van der Waals surface area contributed by atoms with Crippen LogP contribution in [0.3, 0.4) is 0 Å². The standard InChI is InChI=1S/C21H32N4O/c1-19(2,14-22)15-25-16-20(23-18(25)26)10-12-21(13-11-20,24(3)4)17-8-6-5-7-9-17/h5-9,18,23,26H,10-13,15-16H2,1-4H3/t18?,20-,21+. The van der Waals surface area contributed by atoms with Crippen molar-refractivity contribution < 1.29 is 5.11 Å². The average molecular weight is 357 g/mol. The minimum atomic E-state index is -0.661. The van der Waals surface area contributed by atoms with Crippen molar-refractivity contribution in [3.63, 3.8) is 0 Å². The summed E-state index contributed by atoms with van der Waals surface area (Å²) in [4.78, 5) is 4.38. The van der Waals surface area contributed by atoms with Gasteiger partial charge in [-0.1, -0.05) is 30.3 Å². The van der Waals surface area contributed by atoms with E-state index in [1.54, 1.807) is 0 Å². The summed E-state index contributed by atoms with van der Waals surface area (Å²) in [6.45, 7) is 5.24. The van der Waals surface area contributed by atoms with Gasteiger partial charge in [0.25, 0.3) is 0 Å². The molecule has 1 aliphatic heterocycles. The average Bonchev–Trinajstić information content (AvgIpc) is 2.91. The van der Waals surface area contributed by atoms with Crippen LogP contribution in [0.15, 0.2) is 30.3 Å². The first kappa shape index (κ1) is 19.3. The van der Waals surface area contributed by atoms with Gasteiger partial charge in [0, 0.05) is 24.2 Å². The molecular weight excluding hydrogens is 324 g/mol. The van der Waals surface area contributed by atoms with Crippen molar-refractivity contribution in [1.82, 2.24) is 15.1 Å². The van der Waals surface area contributed by atoms with Gasteiger partial charge in [0.1, 0.15) is 0 Å². The molecule has 1 saturated carbocycles. The molecule has 0 radical (unpaired) electrons. The van der Waals surface area contributed by atoms with E-state index >= 15 is 0 Å². The second-order valence-electron chi connectivity index (χ2n) is 8.99. The minimum absolute atomic E-state index is 0.0541. The van der Waals surface area contributed by atoms with Crippen LogP contribution < -0.4 is 5.32 Å². The molecule has 0 aromatic heterocycles. The highest BCUT2D eigenvalue weighted by molar-refractivity contribution is 5.26. The van der Waals surface area contributed by atoms with Gasteiger partial charge in [-0.2, -0.15) is 5.26 Å². The summed E-state index contributed by atoms with van der Waals surface area (Å²) < 4.78 is 0. The van der Waals surface area contributed by atoms with Crippen molar-refractivity contribution in [3.05, 3.63) is 35.9 Å². The van der Waals surface area contributed by atoms with Crippen molar-refractivity contribution in [1.29, 1.82) is 5.26 Å². The van der Waals surface area contributed by atoms with Crippen molar-refractivity contribution in [2.24, 2.45) is 5.41 Å². The maximum atomic E-state index is 10.5. The second-order valence-corrected chi connectivity index (χ2v) is 8.99. The second kappa shape index (κ2) is 6.94. The molecule has 5 nitrogen and oxygen atoms in total. The number of nitrogens with zero attached hydrogens (tertiary/aromatic N) is 3. The van der Waals surface area contributed by atoms with E-state index in [9.17, 15) is 10.4 Å². The maximum Gasteiger partial charge on any atom is 0.163 e. The van der Waals surface area contributed by atoms with E-state index in [1.165, 1.54) is 5.56 Å². The number of hydrogen-bond donors (Lipinski definition) is 2. The number of benzene rings is 1. The van der Waals surface area contributed by atoms with Crippen LogP contribution in [0, 0.1) is 16.7 Å². The van der Waals surface area contributed by atoms with Crippen LogP contribution >= 0.6 is 0 Å². The quantitative estimate of drug-likeness (QED) is 0.868. The molecule has 1 aliphatic carbocycles. The molecule has 0 bridgehead atoms. The minimum Gasteiger partial charge on any atom is -0.365 e. The van der Waals surface area contributed by atoms with Gasteiger partial charge in [0.15, 0.2) is 6.35 Å². The lowest BCUT2D eigenvalue weighted by molar-refractivity contribution is 0.00557. The normalized spacial score (nSPS) is 32.9. The number of aliphatic hydroxyl groups is 1. The van der Waals surface area contributed by atoms with E-state index in [2.05, 4.69) is 60.7 Å². The number of hydrogen-bond acceptors (Lipinski definition) is 5. The first-order valence-electron chi connectivity index (χ1n) is 9.56. The Bertz CT molecular complexity index is 656. The summed E-state index contributed by atoms with van der Waals surface area (Å²) in [5.74, 6) is 0. The number of nitriles is 1. The van der Waals surface area contributed by atoms with Crippen LogP contribution in [0.4, 0.5) is 0 Å². The van der Waals surface area contributed by atoms with Gasteiger partial charge in [-0.05, 0) is 59.2 Å². The zero-order valence-corrected chi connectivity index (χ0v) is 16.5. The molecule has 1 saturated heterocycles. The van der Waals surface area contributed by atoms with Gasteiger partial charge in [-0.15, -0.1) is 0 Å². The van der Waals surface area contributed by atoms with Gasteiger partial charge >= 0.3 is 0 Å². The van der Waals surface area contributed by atoms with E-state index in [0.29, 0.717) is 6.54 Å². The molecule has 2 fully saturated rings.